The van der Waals surface area contributed by atoms with E-state index < -0.39 is 6.10 Å². The van der Waals surface area contributed by atoms with Gasteiger partial charge in [0.15, 0.2) is 0 Å². The second kappa shape index (κ2) is 11.9. The van der Waals surface area contributed by atoms with Crippen LogP contribution in [0.25, 0.3) is 0 Å². The molecular weight excluding hydrogens is 446 g/mol. The molecule has 36 heavy (non-hydrogen) atoms. The molecule has 1 aliphatic heterocycles. The number of hydrogen-bond acceptors (Lipinski definition) is 4. The summed E-state index contributed by atoms with van der Waals surface area (Å²) in [6.45, 7) is 2.77. The van der Waals surface area contributed by atoms with Crippen LogP contribution in [0, 0.1) is 5.92 Å². The number of aliphatic hydroxyl groups is 1. The Morgan fingerprint density at radius 1 is 0.667 bits per heavy atom. The van der Waals surface area contributed by atoms with E-state index in [2.05, 4.69) is 65.6 Å². The summed E-state index contributed by atoms with van der Waals surface area (Å²) in [7, 11) is 0. The molecule has 4 aromatic carbocycles. The molecule has 4 aromatic rings. The first-order chi connectivity index (χ1) is 17.7. The van der Waals surface area contributed by atoms with E-state index in [4.69, 9.17) is 9.47 Å². The van der Waals surface area contributed by atoms with E-state index in [1.165, 1.54) is 11.1 Å². The highest BCUT2D eigenvalue weighted by Crippen LogP contribution is 2.35. The fourth-order valence-corrected chi connectivity index (χ4v) is 4.87. The van der Waals surface area contributed by atoms with Crippen LogP contribution in [0.3, 0.4) is 0 Å². The molecule has 1 heterocycles. The van der Waals surface area contributed by atoms with Crippen molar-refractivity contribution in [1.82, 2.24) is 4.90 Å². The molecule has 0 aliphatic carbocycles. The van der Waals surface area contributed by atoms with Crippen molar-refractivity contribution in [3.63, 3.8) is 0 Å². The summed E-state index contributed by atoms with van der Waals surface area (Å²) in [4.78, 5) is 2.50. The van der Waals surface area contributed by atoms with Gasteiger partial charge in [0.05, 0.1) is 12.1 Å². The largest absolute Gasteiger partial charge is 0.491 e. The Labute approximate surface area is 213 Å². The molecule has 0 amide bonds. The van der Waals surface area contributed by atoms with Crippen LogP contribution in [0.15, 0.2) is 115 Å². The van der Waals surface area contributed by atoms with Crippen LogP contribution in [0.4, 0.5) is 0 Å². The Bertz CT molecular complexity index is 1140. The third-order valence-corrected chi connectivity index (χ3v) is 6.70. The summed E-state index contributed by atoms with van der Waals surface area (Å²) in [6, 6.07) is 39.3. The molecule has 0 bridgehead atoms. The molecule has 5 rings (SSSR count). The van der Waals surface area contributed by atoms with Gasteiger partial charge in [-0.15, -0.1) is 0 Å². The standard InChI is InChI=1S/C32H33NO3/c34-29(24-36-31-18-16-30(17-19-31)35-23-25-10-4-1-5-11-25)20-26-21-33(22-26)32(27-12-6-2-7-13-27)28-14-8-3-9-15-28/h1-19,26,29,32,34H,20-24H2/t29-/m0/s1. The minimum absolute atomic E-state index is 0.250. The second-order valence-corrected chi connectivity index (χ2v) is 9.49. The Morgan fingerprint density at radius 3 is 1.72 bits per heavy atom. The van der Waals surface area contributed by atoms with Crippen LogP contribution in [0.2, 0.25) is 0 Å². The molecule has 1 saturated heterocycles. The van der Waals surface area contributed by atoms with Gasteiger partial charge in [0, 0.05) is 13.1 Å². The predicted molar refractivity (Wildman–Crippen MR) is 143 cm³/mol. The maximum atomic E-state index is 10.6. The summed E-state index contributed by atoms with van der Waals surface area (Å²) in [5.74, 6) is 2.00. The average molecular weight is 480 g/mol. The summed E-state index contributed by atoms with van der Waals surface area (Å²) in [5, 5.41) is 10.6. The highest BCUT2D eigenvalue weighted by atomic mass is 16.5. The molecule has 184 valence electrons. The van der Waals surface area contributed by atoms with Crippen molar-refractivity contribution in [2.45, 2.75) is 25.2 Å². The lowest BCUT2D eigenvalue weighted by Crippen LogP contribution is -2.50. The lowest BCUT2D eigenvalue weighted by molar-refractivity contribution is 0.0153. The highest BCUT2D eigenvalue weighted by molar-refractivity contribution is 5.33. The number of benzene rings is 4. The van der Waals surface area contributed by atoms with E-state index >= 15 is 0 Å². The van der Waals surface area contributed by atoms with E-state index in [1.54, 1.807) is 0 Å². The van der Waals surface area contributed by atoms with Gasteiger partial charge in [0.25, 0.3) is 0 Å². The zero-order valence-corrected chi connectivity index (χ0v) is 20.4. The number of nitrogens with zero attached hydrogens (tertiary/aromatic N) is 1. The van der Waals surface area contributed by atoms with Gasteiger partial charge in [0.1, 0.15) is 24.7 Å². The normalized spacial score (nSPS) is 14.8. The predicted octanol–water partition coefficient (Wildman–Crippen LogP) is 6.12. The number of aliphatic hydroxyl groups excluding tert-OH is 1. The summed E-state index contributed by atoms with van der Waals surface area (Å²) in [5.41, 5.74) is 3.75. The Balaban J connectivity index is 1.07. The molecule has 1 aliphatic rings. The van der Waals surface area contributed by atoms with Crippen molar-refractivity contribution in [3.8, 4) is 11.5 Å². The van der Waals surface area contributed by atoms with Crippen molar-refractivity contribution < 1.29 is 14.6 Å². The Kier molecular flexibility index (Phi) is 7.96. The van der Waals surface area contributed by atoms with Crippen molar-refractivity contribution >= 4 is 0 Å². The van der Waals surface area contributed by atoms with E-state index in [1.807, 2.05) is 54.6 Å². The van der Waals surface area contributed by atoms with Crippen molar-refractivity contribution in [2.24, 2.45) is 5.92 Å². The Hall–Kier alpha value is -3.60. The molecule has 0 radical (unpaired) electrons. The molecule has 0 spiro atoms. The van der Waals surface area contributed by atoms with Gasteiger partial charge in [-0.3, -0.25) is 4.90 Å². The third kappa shape index (κ3) is 6.34. The van der Waals surface area contributed by atoms with Crippen molar-refractivity contribution in [3.05, 3.63) is 132 Å². The first-order valence-corrected chi connectivity index (χ1v) is 12.7. The maximum absolute atomic E-state index is 10.6. The van der Waals surface area contributed by atoms with E-state index in [0.29, 0.717) is 19.1 Å². The molecule has 4 heteroatoms. The Morgan fingerprint density at radius 2 is 1.17 bits per heavy atom. The quantitative estimate of drug-likeness (QED) is 0.282. The van der Waals surface area contributed by atoms with Gasteiger partial charge in [-0.1, -0.05) is 91.0 Å². The van der Waals surface area contributed by atoms with Crippen molar-refractivity contribution in [2.75, 3.05) is 19.7 Å². The van der Waals surface area contributed by atoms with Crippen LogP contribution in [0.1, 0.15) is 29.2 Å². The molecule has 1 atom stereocenters. The van der Waals surface area contributed by atoms with Gasteiger partial charge >= 0.3 is 0 Å². The zero-order valence-electron chi connectivity index (χ0n) is 20.4. The number of rotatable bonds is 11. The lowest BCUT2D eigenvalue weighted by Gasteiger charge is -2.45. The van der Waals surface area contributed by atoms with Crippen LogP contribution in [-0.2, 0) is 6.61 Å². The summed E-state index contributed by atoms with van der Waals surface area (Å²) < 4.78 is 11.7. The van der Waals surface area contributed by atoms with Crippen LogP contribution >= 0.6 is 0 Å². The van der Waals surface area contributed by atoms with Gasteiger partial charge in [-0.2, -0.15) is 0 Å². The number of ether oxygens (including phenoxy) is 2. The minimum atomic E-state index is -0.488. The number of likely N-dealkylation sites (tertiary alicyclic amines) is 1. The van der Waals surface area contributed by atoms with Gasteiger partial charge in [0.2, 0.25) is 0 Å². The molecule has 1 N–H and O–H groups in total. The summed E-state index contributed by atoms with van der Waals surface area (Å²) >= 11 is 0. The minimum Gasteiger partial charge on any atom is -0.491 e. The third-order valence-electron chi connectivity index (χ3n) is 6.70. The SMILES string of the molecule is O[C@H](COc1ccc(OCc2ccccc2)cc1)CC1CN(C(c2ccccc2)c2ccccc2)C1. The fourth-order valence-electron chi connectivity index (χ4n) is 4.87. The highest BCUT2D eigenvalue weighted by Gasteiger charge is 2.34. The van der Waals surface area contributed by atoms with Gasteiger partial charge in [-0.05, 0) is 53.3 Å². The number of hydrogen-bond donors (Lipinski definition) is 1. The van der Waals surface area contributed by atoms with E-state index in [9.17, 15) is 5.11 Å². The topological polar surface area (TPSA) is 41.9 Å². The van der Waals surface area contributed by atoms with Crippen LogP contribution in [-0.4, -0.2) is 35.8 Å². The molecule has 4 nitrogen and oxygen atoms in total. The smallest absolute Gasteiger partial charge is 0.120 e. The summed E-state index contributed by atoms with van der Waals surface area (Å²) in [6.07, 6.45) is 0.253. The molecule has 0 unspecified atom stereocenters. The maximum Gasteiger partial charge on any atom is 0.120 e. The van der Waals surface area contributed by atoms with Gasteiger partial charge < -0.3 is 14.6 Å². The molecule has 1 fully saturated rings. The second-order valence-electron chi connectivity index (χ2n) is 9.49. The van der Waals surface area contributed by atoms with Crippen LogP contribution < -0.4 is 9.47 Å². The first-order valence-electron chi connectivity index (χ1n) is 12.7. The van der Waals surface area contributed by atoms with Crippen LogP contribution in [0.5, 0.6) is 11.5 Å². The fraction of sp³-hybridized carbons (Fsp3) is 0.250. The average Bonchev–Trinajstić information content (AvgIpc) is 2.92. The monoisotopic (exact) mass is 479 g/mol. The molecule has 0 saturated carbocycles. The zero-order chi connectivity index (χ0) is 24.6. The van der Waals surface area contributed by atoms with E-state index in [-0.39, 0.29) is 6.04 Å². The van der Waals surface area contributed by atoms with E-state index in [0.717, 1.165) is 36.6 Å². The van der Waals surface area contributed by atoms with Gasteiger partial charge in [-0.25, -0.2) is 0 Å². The first kappa shape index (κ1) is 24.1. The van der Waals surface area contributed by atoms with Crippen molar-refractivity contribution in [1.29, 1.82) is 0 Å². The lowest BCUT2D eigenvalue weighted by atomic mass is 9.87. The molecular formula is C32H33NO3. The molecule has 0 aromatic heterocycles.